The SMILES string of the molecule is COc1ccc([C@H](C)N[C@@H](C)c2ccc(C)o2)cc1Cn1cccn1. The maximum atomic E-state index is 5.72. The van der Waals surface area contributed by atoms with Crippen molar-refractivity contribution in [3.63, 3.8) is 0 Å². The van der Waals surface area contributed by atoms with Gasteiger partial charge in [-0.15, -0.1) is 0 Å². The molecule has 0 saturated heterocycles. The summed E-state index contributed by atoms with van der Waals surface area (Å²) in [6, 6.07) is 12.6. The van der Waals surface area contributed by atoms with Gasteiger partial charge in [-0.05, 0) is 56.7 Å². The van der Waals surface area contributed by atoms with Crippen molar-refractivity contribution in [2.45, 2.75) is 39.4 Å². The van der Waals surface area contributed by atoms with Gasteiger partial charge in [0.15, 0.2) is 0 Å². The van der Waals surface area contributed by atoms with Crippen molar-refractivity contribution in [2.75, 3.05) is 7.11 Å². The summed E-state index contributed by atoms with van der Waals surface area (Å²) in [4.78, 5) is 0. The fourth-order valence-electron chi connectivity index (χ4n) is 3.00. The van der Waals surface area contributed by atoms with Gasteiger partial charge in [-0.1, -0.05) is 6.07 Å². The molecule has 0 fully saturated rings. The average Bonchev–Trinajstić information content (AvgIpc) is 3.26. The third-order valence-electron chi connectivity index (χ3n) is 4.38. The summed E-state index contributed by atoms with van der Waals surface area (Å²) in [5.74, 6) is 2.76. The lowest BCUT2D eigenvalue weighted by Gasteiger charge is -2.20. The molecule has 3 aromatic rings. The number of hydrogen-bond acceptors (Lipinski definition) is 4. The van der Waals surface area contributed by atoms with Crippen LogP contribution in [0.4, 0.5) is 0 Å². The predicted octanol–water partition coefficient (Wildman–Crippen LogP) is 4.25. The molecular weight excluding hydrogens is 314 g/mol. The molecule has 0 aliphatic rings. The molecule has 0 aliphatic carbocycles. The number of hydrogen-bond donors (Lipinski definition) is 1. The summed E-state index contributed by atoms with van der Waals surface area (Å²) < 4.78 is 13.1. The molecule has 5 heteroatoms. The lowest BCUT2D eigenvalue weighted by atomic mass is 10.0. The molecule has 1 N–H and O–H groups in total. The van der Waals surface area contributed by atoms with Gasteiger partial charge in [-0.3, -0.25) is 4.68 Å². The quantitative estimate of drug-likeness (QED) is 0.699. The Labute approximate surface area is 148 Å². The summed E-state index contributed by atoms with van der Waals surface area (Å²) >= 11 is 0. The Morgan fingerprint density at radius 2 is 2.04 bits per heavy atom. The molecule has 0 unspecified atom stereocenters. The van der Waals surface area contributed by atoms with Gasteiger partial charge in [-0.25, -0.2) is 0 Å². The second kappa shape index (κ2) is 7.57. The van der Waals surface area contributed by atoms with Crippen LogP contribution in [0.5, 0.6) is 5.75 Å². The minimum absolute atomic E-state index is 0.139. The molecule has 3 rings (SSSR count). The zero-order chi connectivity index (χ0) is 17.8. The van der Waals surface area contributed by atoms with E-state index in [1.807, 2.05) is 42.1 Å². The summed E-state index contributed by atoms with van der Waals surface area (Å²) in [7, 11) is 1.70. The molecule has 0 amide bonds. The largest absolute Gasteiger partial charge is 0.496 e. The number of ether oxygens (including phenoxy) is 1. The summed E-state index contributed by atoms with van der Waals surface area (Å²) in [5.41, 5.74) is 2.32. The standard InChI is InChI=1S/C20H25N3O2/c1-14-6-8-19(25-14)16(3)22-15(2)17-7-9-20(24-4)18(12-17)13-23-11-5-10-21-23/h5-12,15-16,22H,13H2,1-4H3/t15-,16-/m0/s1. The van der Waals surface area contributed by atoms with Crippen molar-refractivity contribution in [1.82, 2.24) is 15.1 Å². The minimum Gasteiger partial charge on any atom is -0.496 e. The second-order valence-corrected chi connectivity index (χ2v) is 6.33. The summed E-state index contributed by atoms with van der Waals surface area (Å²) in [6.07, 6.45) is 3.74. The Bertz CT molecular complexity index is 808. The van der Waals surface area contributed by atoms with E-state index in [2.05, 4.69) is 36.4 Å². The highest BCUT2D eigenvalue weighted by molar-refractivity contribution is 5.38. The molecule has 25 heavy (non-hydrogen) atoms. The number of furan rings is 1. The van der Waals surface area contributed by atoms with E-state index in [0.717, 1.165) is 22.8 Å². The maximum absolute atomic E-state index is 5.72. The van der Waals surface area contributed by atoms with Gasteiger partial charge in [0.2, 0.25) is 0 Å². The lowest BCUT2D eigenvalue weighted by molar-refractivity contribution is 0.391. The number of aromatic nitrogens is 2. The van der Waals surface area contributed by atoms with E-state index in [1.165, 1.54) is 5.56 Å². The van der Waals surface area contributed by atoms with Crippen LogP contribution in [0.1, 0.15) is 48.6 Å². The van der Waals surface area contributed by atoms with E-state index < -0.39 is 0 Å². The molecule has 0 radical (unpaired) electrons. The second-order valence-electron chi connectivity index (χ2n) is 6.33. The van der Waals surface area contributed by atoms with Crippen LogP contribution in [0.15, 0.2) is 53.2 Å². The molecule has 1 aromatic carbocycles. The Morgan fingerprint density at radius 3 is 2.68 bits per heavy atom. The number of aryl methyl sites for hydroxylation is 1. The Hall–Kier alpha value is -2.53. The molecule has 5 nitrogen and oxygen atoms in total. The van der Waals surface area contributed by atoms with Gasteiger partial charge in [-0.2, -0.15) is 5.10 Å². The van der Waals surface area contributed by atoms with Crippen LogP contribution in [-0.2, 0) is 6.54 Å². The number of nitrogens with one attached hydrogen (secondary N) is 1. The Balaban J connectivity index is 1.76. The fourth-order valence-corrected chi connectivity index (χ4v) is 3.00. The van der Waals surface area contributed by atoms with E-state index >= 15 is 0 Å². The highest BCUT2D eigenvalue weighted by atomic mass is 16.5. The Morgan fingerprint density at radius 1 is 1.20 bits per heavy atom. The van der Waals surface area contributed by atoms with Crippen LogP contribution in [0.2, 0.25) is 0 Å². The van der Waals surface area contributed by atoms with Gasteiger partial charge in [0.05, 0.1) is 19.7 Å². The van der Waals surface area contributed by atoms with E-state index in [9.17, 15) is 0 Å². The first kappa shape index (κ1) is 17.3. The fraction of sp³-hybridized carbons (Fsp3) is 0.350. The normalized spacial score (nSPS) is 13.6. The number of nitrogens with zero attached hydrogens (tertiary/aromatic N) is 2. The molecule has 0 aliphatic heterocycles. The van der Waals surface area contributed by atoms with E-state index in [-0.39, 0.29) is 12.1 Å². The van der Waals surface area contributed by atoms with Gasteiger partial charge in [0, 0.05) is 24.0 Å². The third kappa shape index (κ3) is 4.12. The molecule has 0 spiro atoms. The zero-order valence-corrected chi connectivity index (χ0v) is 15.2. The molecule has 0 bridgehead atoms. The highest BCUT2D eigenvalue weighted by Gasteiger charge is 2.15. The van der Waals surface area contributed by atoms with Gasteiger partial charge in [0.1, 0.15) is 17.3 Å². The number of methoxy groups -OCH3 is 1. The highest BCUT2D eigenvalue weighted by Crippen LogP contribution is 2.26. The van der Waals surface area contributed by atoms with Crippen LogP contribution >= 0.6 is 0 Å². The van der Waals surface area contributed by atoms with Crippen LogP contribution < -0.4 is 10.1 Å². The molecule has 132 valence electrons. The van der Waals surface area contributed by atoms with Crippen LogP contribution in [0, 0.1) is 6.92 Å². The first-order valence-electron chi connectivity index (χ1n) is 8.53. The van der Waals surface area contributed by atoms with Crippen molar-refractivity contribution in [2.24, 2.45) is 0 Å². The number of benzene rings is 1. The first-order chi connectivity index (χ1) is 12.1. The van der Waals surface area contributed by atoms with Crippen LogP contribution in [-0.4, -0.2) is 16.9 Å². The zero-order valence-electron chi connectivity index (χ0n) is 15.2. The first-order valence-corrected chi connectivity index (χ1v) is 8.53. The van der Waals surface area contributed by atoms with E-state index in [0.29, 0.717) is 6.54 Å². The number of rotatable bonds is 7. The third-order valence-corrected chi connectivity index (χ3v) is 4.38. The molecule has 2 heterocycles. The maximum Gasteiger partial charge on any atom is 0.123 e. The lowest BCUT2D eigenvalue weighted by Crippen LogP contribution is -2.22. The smallest absolute Gasteiger partial charge is 0.123 e. The predicted molar refractivity (Wildman–Crippen MR) is 97.7 cm³/mol. The topological polar surface area (TPSA) is 52.2 Å². The van der Waals surface area contributed by atoms with Crippen molar-refractivity contribution >= 4 is 0 Å². The van der Waals surface area contributed by atoms with Crippen molar-refractivity contribution in [1.29, 1.82) is 0 Å². The summed E-state index contributed by atoms with van der Waals surface area (Å²) in [6.45, 7) is 6.92. The van der Waals surface area contributed by atoms with Gasteiger partial charge >= 0.3 is 0 Å². The minimum atomic E-state index is 0.139. The Kier molecular flexibility index (Phi) is 5.24. The van der Waals surface area contributed by atoms with E-state index in [1.54, 1.807) is 13.3 Å². The van der Waals surface area contributed by atoms with E-state index in [4.69, 9.17) is 9.15 Å². The van der Waals surface area contributed by atoms with Crippen molar-refractivity contribution in [3.05, 3.63) is 71.4 Å². The van der Waals surface area contributed by atoms with Crippen molar-refractivity contribution in [3.8, 4) is 5.75 Å². The van der Waals surface area contributed by atoms with Gasteiger partial charge in [0.25, 0.3) is 0 Å². The summed E-state index contributed by atoms with van der Waals surface area (Å²) in [5, 5.41) is 7.88. The monoisotopic (exact) mass is 339 g/mol. The molecular formula is C20H25N3O2. The molecule has 2 atom stereocenters. The van der Waals surface area contributed by atoms with Crippen molar-refractivity contribution < 1.29 is 9.15 Å². The van der Waals surface area contributed by atoms with Crippen LogP contribution in [0.3, 0.4) is 0 Å². The molecule has 2 aromatic heterocycles. The average molecular weight is 339 g/mol. The molecule has 0 saturated carbocycles. The van der Waals surface area contributed by atoms with Gasteiger partial charge < -0.3 is 14.5 Å². The van der Waals surface area contributed by atoms with Crippen LogP contribution in [0.25, 0.3) is 0 Å².